The predicted octanol–water partition coefficient (Wildman–Crippen LogP) is 4.21. The van der Waals surface area contributed by atoms with E-state index in [1.54, 1.807) is 0 Å². The van der Waals surface area contributed by atoms with Crippen LogP contribution in [0.2, 0.25) is 0 Å². The molecule has 0 aromatic heterocycles. The number of benzene rings is 3. The van der Waals surface area contributed by atoms with Crippen molar-refractivity contribution in [2.75, 3.05) is 26.2 Å². The summed E-state index contributed by atoms with van der Waals surface area (Å²) in [7, 11) is 0. The van der Waals surface area contributed by atoms with Gasteiger partial charge in [0.15, 0.2) is 0 Å². The summed E-state index contributed by atoms with van der Waals surface area (Å²) < 4.78 is 0. The molecule has 2 amide bonds. The number of likely N-dealkylation sites (tertiary alicyclic amines) is 1. The van der Waals surface area contributed by atoms with Crippen molar-refractivity contribution in [2.24, 2.45) is 5.92 Å². The predicted molar refractivity (Wildman–Crippen MR) is 128 cm³/mol. The maximum Gasteiger partial charge on any atom is 0.314 e. The molecule has 1 saturated heterocycles. The van der Waals surface area contributed by atoms with E-state index in [1.807, 2.05) is 48.5 Å². The van der Waals surface area contributed by atoms with Crippen LogP contribution in [0.15, 0.2) is 84.9 Å². The maximum atomic E-state index is 12.2. The zero-order valence-electron chi connectivity index (χ0n) is 18.3. The van der Waals surface area contributed by atoms with Gasteiger partial charge < -0.3 is 15.7 Å². The molecule has 0 bridgehead atoms. The summed E-state index contributed by atoms with van der Waals surface area (Å²) in [4.78, 5) is 14.6. The highest BCUT2D eigenvalue weighted by atomic mass is 16.3. The largest absolute Gasteiger partial charge is 0.387 e. The lowest BCUT2D eigenvalue weighted by Crippen LogP contribution is -2.40. The van der Waals surface area contributed by atoms with Gasteiger partial charge in [-0.3, -0.25) is 4.90 Å². The van der Waals surface area contributed by atoms with E-state index in [2.05, 4.69) is 51.9 Å². The normalized spacial score (nSPS) is 17.1. The van der Waals surface area contributed by atoms with Crippen LogP contribution in [0.25, 0.3) is 11.1 Å². The van der Waals surface area contributed by atoms with Crippen molar-refractivity contribution in [1.82, 2.24) is 15.5 Å². The van der Waals surface area contributed by atoms with E-state index in [1.165, 1.54) is 5.56 Å². The highest BCUT2D eigenvalue weighted by Crippen LogP contribution is 2.22. The van der Waals surface area contributed by atoms with Crippen LogP contribution >= 0.6 is 0 Å². The maximum absolute atomic E-state index is 12.2. The van der Waals surface area contributed by atoms with Gasteiger partial charge in [-0.1, -0.05) is 84.9 Å². The minimum absolute atomic E-state index is 0.182. The fourth-order valence-corrected chi connectivity index (χ4v) is 4.20. The first-order valence-electron chi connectivity index (χ1n) is 11.3. The van der Waals surface area contributed by atoms with Gasteiger partial charge in [0.25, 0.3) is 0 Å². The van der Waals surface area contributed by atoms with Crippen LogP contribution < -0.4 is 10.6 Å². The number of aliphatic hydroxyl groups is 1. The van der Waals surface area contributed by atoms with E-state index < -0.39 is 6.10 Å². The molecule has 1 aliphatic heterocycles. The van der Waals surface area contributed by atoms with Crippen molar-refractivity contribution >= 4 is 6.03 Å². The van der Waals surface area contributed by atoms with Crippen LogP contribution in [0.3, 0.4) is 0 Å². The second-order valence-corrected chi connectivity index (χ2v) is 8.47. The molecule has 5 nitrogen and oxygen atoms in total. The lowest BCUT2D eigenvalue weighted by Gasteiger charge is -2.17. The molecule has 0 radical (unpaired) electrons. The van der Waals surface area contributed by atoms with Gasteiger partial charge in [-0.15, -0.1) is 0 Å². The van der Waals surface area contributed by atoms with Crippen LogP contribution in [0.1, 0.15) is 23.7 Å². The van der Waals surface area contributed by atoms with E-state index in [4.69, 9.17) is 0 Å². The fourth-order valence-electron chi connectivity index (χ4n) is 4.20. The van der Waals surface area contributed by atoms with E-state index in [0.717, 1.165) is 42.7 Å². The number of nitrogens with one attached hydrogen (secondary N) is 2. The van der Waals surface area contributed by atoms with Crippen LogP contribution in [-0.4, -0.2) is 42.2 Å². The Hall–Kier alpha value is -3.15. The molecule has 1 aliphatic rings. The lowest BCUT2D eigenvalue weighted by molar-refractivity contribution is 0.173. The number of hydrogen-bond acceptors (Lipinski definition) is 3. The van der Waals surface area contributed by atoms with Crippen LogP contribution in [0.5, 0.6) is 0 Å². The summed E-state index contributed by atoms with van der Waals surface area (Å²) in [6, 6.07) is 28.2. The number of nitrogens with zero attached hydrogens (tertiary/aromatic N) is 1. The monoisotopic (exact) mass is 429 g/mol. The molecule has 32 heavy (non-hydrogen) atoms. The number of aliphatic hydroxyl groups excluding tert-OH is 1. The summed E-state index contributed by atoms with van der Waals surface area (Å²) in [6.07, 6.45) is 0.349. The molecule has 2 atom stereocenters. The minimum atomic E-state index is -0.738. The molecule has 3 aromatic rings. The number of carbonyl (C=O) groups excluding carboxylic acids is 1. The highest BCUT2D eigenvalue weighted by Gasteiger charge is 2.22. The van der Waals surface area contributed by atoms with E-state index in [9.17, 15) is 9.90 Å². The van der Waals surface area contributed by atoms with Gasteiger partial charge in [0.05, 0.1) is 6.10 Å². The van der Waals surface area contributed by atoms with E-state index in [-0.39, 0.29) is 12.6 Å². The van der Waals surface area contributed by atoms with E-state index >= 15 is 0 Å². The Morgan fingerprint density at radius 1 is 0.906 bits per heavy atom. The summed E-state index contributed by atoms with van der Waals surface area (Å²) in [5.41, 5.74) is 4.35. The van der Waals surface area contributed by atoms with Crippen molar-refractivity contribution < 1.29 is 9.90 Å². The molecular weight excluding hydrogens is 398 g/mol. The topological polar surface area (TPSA) is 64.6 Å². The second kappa shape index (κ2) is 10.9. The first-order chi connectivity index (χ1) is 15.7. The van der Waals surface area contributed by atoms with Crippen molar-refractivity contribution in [2.45, 2.75) is 19.1 Å². The smallest absolute Gasteiger partial charge is 0.314 e. The van der Waals surface area contributed by atoms with Gasteiger partial charge in [0.2, 0.25) is 0 Å². The number of amides is 2. The van der Waals surface area contributed by atoms with Crippen LogP contribution in [-0.2, 0) is 6.54 Å². The third-order valence-electron chi connectivity index (χ3n) is 6.03. The zero-order chi connectivity index (χ0) is 22.2. The Bertz CT molecular complexity index is 977. The first-order valence-corrected chi connectivity index (χ1v) is 11.3. The van der Waals surface area contributed by atoms with Crippen molar-refractivity contribution in [3.8, 4) is 11.1 Å². The van der Waals surface area contributed by atoms with Crippen molar-refractivity contribution in [3.63, 3.8) is 0 Å². The molecule has 5 heteroatoms. The summed E-state index contributed by atoms with van der Waals surface area (Å²) in [5, 5.41) is 16.2. The molecule has 166 valence electrons. The van der Waals surface area contributed by atoms with Crippen molar-refractivity contribution in [3.05, 3.63) is 96.1 Å². The molecular formula is C27H31N3O2. The summed E-state index contributed by atoms with van der Waals surface area (Å²) in [5.74, 6) is 0.458. The molecule has 3 N–H and O–H groups in total. The van der Waals surface area contributed by atoms with Gasteiger partial charge in [0, 0.05) is 26.2 Å². The summed E-state index contributed by atoms with van der Waals surface area (Å²) >= 11 is 0. The molecule has 4 rings (SSSR count). The zero-order valence-corrected chi connectivity index (χ0v) is 18.3. The average Bonchev–Trinajstić information content (AvgIpc) is 3.29. The standard InChI is InChI=1S/C27H31N3O2/c31-26(25-13-11-24(12-14-25)23-9-5-2-6-10-23)18-29-27(32)28-17-22-15-16-30(20-22)19-21-7-3-1-4-8-21/h1-14,22,26,31H,15-20H2,(H2,28,29,32). The average molecular weight is 430 g/mol. The molecule has 3 aromatic carbocycles. The number of hydrogen-bond donors (Lipinski definition) is 3. The molecule has 0 aliphatic carbocycles. The molecule has 0 saturated carbocycles. The highest BCUT2D eigenvalue weighted by molar-refractivity contribution is 5.73. The Labute approximate surface area is 190 Å². The van der Waals surface area contributed by atoms with E-state index in [0.29, 0.717) is 12.5 Å². The van der Waals surface area contributed by atoms with Gasteiger partial charge in [-0.05, 0) is 41.1 Å². The number of rotatable bonds is 8. The molecule has 1 heterocycles. The molecule has 2 unspecified atom stereocenters. The number of carbonyl (C=O) groups is 1. The first kappa shape index (κ1) is 22.1. The third kappa shape index (κ3) is 6.19. The SMILES string of the molecule is O=C(NCC1CCN(Cc2ccccc2)C1)NCC(O)c1ccc(-c2ccccc2)cc1. The summed E-state index contributed by atoms with van der Waals surface area (Å²) in [6.45, 7) is 3.84. The Morgan fingerprint density at radius 3 is 2.28 bits per heavy atom. The van der Waals surface area contributed by atoms with Crippen LogP contribution in [0, 0.1) is 5.92 Å². The van der Waals surface area contributed by atoms with Crippen molar-refractivity contribution in [1.29, 1.82) is 0 Å². The Morgan fingerprint density at radius 2 is 1.56 bits per heavy atom. The quantitative estimate of drug-likeness (QED) is 0.503. The molecule has 0 spiro atoms. The van der Waals surface area contributed by atoms with Gasteiger partial charge in [0.1, 0.15) is 0 Å². The second-order valence-electron chi connectivity index (χ2n) is 8.47. The number of urea groups is 1. The Kier molecular flexibility index (Phi) is 7.54. The van der Waals surface area contributed by atoms with Gasteiger partial charge >= 0.3 is 6.03 Å². The van der Waals surface area contributed by atoms with Gasteiger partial charge in [-0.2, -0.15) is 0 Å². The minimum Gasteiger partial charge on any atom is -0.387 e. The molecule has 1 fully saturated rings. The third-order valence-corrected chi connectivity index (χ3v) is 6.03. The fraction of sp³-hybridized carbons (Fsp3) is 0.296. The lowest BCUT2D eigenvalue weighted by atomic mass is 10.0. The van der Waals surface area contributed by atoms with Gasteiger partial charge in [-0.25, -0.2) is 4.79 Å². The van der Waals surface area contributed by atoms with Crippen LogP contribution in [0.4, 0.5) is 4.79 Å². The Balaban J connectivity index is 1.16.